The van der Waals surface area contributed by atoms with Crippen LogP contribution in [0, 0.1) is 0 Å². The highest BCUT2D eigenvalue weighted by Gasteiger charge is 2.13. The van der Waals surface area contributed by atoms with Crippen LogP contribution >= 0.6 is 11.8 Å². The van der Waals surface area contributed by atoms with E-state index in [1.54, 1.807) is 14.2 Å². The minimum Gasteiger partial charge on any atom is -0.497 e. The van der Waals surface area contributed by atoms with Gasteiger partial charge in [-0.25, -0.2) is 0 Å². The zero-order chi connectivity index (χ0) is 13.5. The average molecular weight is 270 g/mol. The maximum absolute atomic E-state index is 5.63. The van der Waals surface area contributed by atoms with E-state index >= 15 is 0 Å². The van der Waals surface area contributed by atoms with E-state index in [9.17, 15) is 0 Å². The first kappa shape index (κ1) is 15.1. The van der Waals surface area contributed by atoms with Crippen LogP contribution in [0.25, 0.3) is 0 Å². The molecule has 102 valence electrons. The Morgan fingerprint density at radius 2 is 1.72 bits per heavy atom. The molecule has 0 saturated heterocycles. The van der Waals surface area contributed by atoms with E-state index in [0.717, 1.165) is 22.8 Å². The fourth-order valence-electron chi connectivity index (χ4n) is 1.56. The summed E-state index contributed by atoms with van der Waals surface area (Å²) in [6, 6.07) is 5.90. The van der Waals surface area contributed by atoms with E-state index in [0.29, 0.717) is 5.25 Å². The lowest BCUT2D eigenvalue weighted by molar-refractivity contribution is 0.392. The molecule has 1 atom stereocenters. The van der Waals surface area contributed by atoms with Crippen LogP contribution in [0.1, 0.15) is 25.5 Å². The second kappa shape index (κ2) is 7.51. The Bertz CT molecular complexity index is 350. The van der Waals surface area contributed by atoms with Gasteiger partial charge in [-0.1, -0.05) is 13.8 Å². The molecule has 0 aromatic heterocycles. The van der Waals surface area contributed by atoms with Crippen molar-refractivity contribution in [2.75, 3.05) is 20.0 Å². The molecule has 0 aliphatic rings. The lowest BCUT2D eigenvalue weighted by atomic mass is 10.1. The van der Waals surface area contributed by atoms with Crippen LogP contribution in [0.15, 0.2) is 18.2 Å². The minimum absolute atomic E-state index is 0.0846. The van der Waals surface area contributed by atoms with Crippen molar-refractivity contribution in [3.8, 4) is 11.5 Å². The van der Waals surface area contributed by atoms with Crippen molar-refractivity contribution in [1.82, 2.24) is 5.43 Å². The molecule has 0 heterocycles. The van der Waals surface area contributed by atoms with Crippen LogP contribution in [0.4, 0.5) is 0 Å². The van der Waals surface area contributed by atoms with Gasteiger partial charge in [-0.3, -0.25) is 11.3 Å². The standard InChI is InChI=1S/C13H22N2O2S/c1-9(2)18-8-13(15-14)10-5-11(16-3)7-12(6-10)17-4/h5-7,9,13,15H,8,14H2,1-4H3. The molecule has 0 saturated carbocycles. The molecular weight excluding hydrogens is 248 g/mol. The molecule has 4 nitrogen and oxygen atoms in total. The zero-order valence-electron chi connectivity index (χ0n) is 11.4. The summed E-state index contributed by atoms with van der Waals surface area (Å²) in [6.45, 7) is 4.34. The van der Waals surface area contributed by atoms with Crippen molar-refractivity contribution in [1.29, 1.82) is 0 Å². The third-order valence-corrected chi connectivity index (χ3v) is 3.77. The summed E-state index contributed by atoms with van der Waals surface area (Å²) in [6.07, 6.45) is 0. The predicted molar refractivity (Wildman–Crippen MR) is 77.2 cm³/mol. The van der Waals surface area contributed by atoms with Gasteiger partial charge >= 0.3 is 0 Å². The van der Waals surface area contributed by atoms with E-state index < -0.39 is 0 Å². The number of hydrogen-bond acceptors (Lipinski definition) is 5. The number of nitrogens with two attached hydrogens (primary N) is 1. The van der Waals surface area contributed by atoms with E-state index in [-0.39, 0.29) is 6.04 Å². The highest BCUT2D eigenvalue weighted by molar-refractivity contribution is 7.99. The third-order valence-electron chi connectivity index (χ3n) is 2.57. The second-order valence-electron chi connectivity index (χ2n) is 4.25. The van der Waals surface area contributed by atoms with Crippen molar-refractivity contribution in [3.63, 3.8) is 0 Å². The topological polar surface area (TPSA) is 56.5 Å². The number of thioether (sulfide) groups is 1. The number of hydrogen-bond donors (Lipinski definition) is 2. The van der Waals surface area contributed by atoms with Gasteiger partial charge in [0.1, 0.15) is 11.5 Å². The summed E-state index contributed by atoms with van der Waals surface area (Å²) in [7, 11) is 3.29. The Morgan fingerprint density at radius 1 is 1.17 bits per heavy atom. The van der Waals surface area contributed by atoms with E-state index in [1.807, 2.05) is 30.0 Å². The Kier molecular flexibility index (Phi) is 6.32. The summed E-state index contributed by atoms with van der Waals surface area (Å²) in [5.41, 5.74) is 3.92. The molecular formula is C13H22N2O2S. The van der Waals surface area contributed by atoms with Crippen molar-refractivity contribution in [3.05, 3.63) is 23.8 Å². The first-order valence-electron chi connectivity index (χ1n) is 5.91. The number of hydrazine groups is 1. The van der Waals surface area contributed by atoms with Crippen molar-refractivity contribution in [2.24, 2.45) is 5.84 Å². The molecule has 0 amide bonds. The molecule has 1 rings (SSSR count). The number of benzene rings is 1. The monoisotopic (exact) mass is 270 g/mol. The predicted octanol–water partition coefficient (Wildman–Crippen LogP) is 2.35. The largest absolute Gasteiger partial charge is 0.497 e. The smallest absolute Gasteiger partial charge is 0.122 e. The first-order chi connectivity index (χ1) is 8.60. The van der Waals surface area contributed by atoms with Crippen molar-refractivity contribution < 1.29 is 9.47 Å². The molecule has 0 aliphatic carbocycles. The van der Waals surface area contributed by atoms with Gasteiger partial charge in [0.2, 0.25) is 0 Å². The Morgan fingerprint density at radius 3 is 2.11 bits per heavy atom. The molecule has 1 unspecified atom stereocenters. The van der Waals surface area contributed by atoms with Crippen LogP contribution in [0.5, 0.6) is 11.5 Å². The highest BCUT2D eigenvalue weighted by Crippen LogP contribution is 2.28. The molecule has 0 radical (unpaired) electrons. The first-order valence-corrected chi connectivity index (χ1v) is 6.96. The van der Waals surface area contributed by atoms with Crippen LogP contribution < -0.4 is 20.7 Å². The zero-order valence-corrected chi connectivity index (χ0v) is 12.2. The van der Waals surface area contributed by atoms with Crippen LogP contribution in [-0.2, 0) is 0 Å². The van der Waals surface area contributed by atoms with Crippen LogP contribution in [-0.4, -0.2) is 25.2 Å². The normalized spacial score (nSPS) is 12.6. The van der Waals surface area contributed by atoms with Gasteiger partial charge in [0.25, 0.3) is 0 Å². The van der Waals surface area contributed by atoms with Crippen LogP contribution in [0.3, 0.4) is 0 Å². The fourth-order valence-corrected chi connectivity index (χ4v) is 2.43. The molecule has 0 aliphatic heterocycles. The SMILES string of the molecule is COc1cc(OC)cc(C(CSC(C)C)NN)c1. The van der Waals surface area contributed by atoms with Gasteiger partial charge in [0.15, 0.2) is 0 Å². The van der Waals surface area contributed by atoms with E-state index in [4.69, 9.17) is 15.3 Å². The fraction of sp³-hybridized carbons (Fsp3) is 0.538. The lowest BCUT2D eigenvalue weighted by Crippen LogP contribution is -2.30. The molecule has 5 heteroatoms. The van der Waals surface area contributed by atoms with Crippen molar-refractivity contribution in [2.45, 2.75) is 25.1 Å². The van der Waals surface area contributed by atoms with Gasteiger partial charge < -0.3 is 9.47 Å². The molecule has 0 bridgehead atoms. The Hall–Kier alpha value is -0.910. The van der Waals surface area contributed by atoms with Gasteiger partial charge in [-0.05, 0) is 22.9 Å². The summed E-state index contributed by atoms with van der Waals surface area (Å²) in [5.74, 6) is 8.09. The molecule has 0 fully saturated rings. The summed E-state index contributed by atoms with van der Waals surface area (Å²) in [4.78, 5) is 0. The van der Waals surface area contributed by atoms with E-state index in [2.05, 4.69) is 19.3 Å². The molecule has 1 aromatic rings. The molecule has 0 spiro atoms. The minimum atomic E-state index is 0.0846. The van der Waals surface area contributed by atoms with Gasteiger partial charge in [0, 0.05) is 11.8 Å². The summed E-state index contributed by atoms with van der Waals surface area (Å²) in [5, 5.41) is 0.577. The molecule has 18 heavy (non-hydrogen) atoms. The Balaban J connectivity index is 2.89. The summed E-state index contributed by atoms with van der Waals surface area (Å²) >= 11 is 1.86. The quantitative estimate of drug-likeness (QED) is 0.588. The third kappa shape index (κ3) is 4.40. The van der Waals surface area contributed by atoms with Gasteiger partial charge in [-0.15, -0.1) is 0 Å². The number of rotatable bonds is 7. The molecule has 1 aromatic carbocycles. The number of ether oxygens (including phenoxy) is 2. The Labute approximate surface area is 113 Å². The van der Waals surface area contributed by atoms with Gasteiger partial charge in [0.05, 0.1) is 20.3 Å². The average Bonchev–Trinajstić information content (AvgIpc) is 2.38. The van der Waals surface area contributed by atoms with E-state index in [1.165, 1.54) is 0 Å². The second-order valence-corrected chi connectivity index (χ2v) is 5.86. The van der Waals surface area contributed by atoms with Crippen molar-refractivity contribution >= 4 is 11.8 Å². The maximum atomic E-state index is 5.63. The number of methoxy groups -OCH3 is 2. The van der Waals surface area contributed by atoms with Gasteiger partial charge in [-0.2, -0.15) is 11.8 Å². The maximum Gasteiger partial charge on any atom is 0.122 e. The molecule has 3 N–H and O–H groups in total. The van der Waals surface area contributed by atoms with Crippen LogP contribution in [0.2, 0.25) is 0 Å². The highest BCUT2D eigenvalue weighted by atomic mass is 32.2. The summed E-state index contributed by atoms with van der Waals surface area (Å²) < 4.78 is 10.5. The number of nitrogens with one attached hydrogen (secondary N) is 1. The lowest BCUT2D eigenvalue weighted by Gasteiger charge is -2.18.